The lowest BCUT2D eigenvalue weighted by Gasteiger charge is -2.14. The first-order chi connectivity index (χ1) is 16.8. The van der Waals surface area contributed by atoms with Crippen molar-refractivity contribution in [2.24, 2.45) is 7.05 Å². The lowest BCUT2D eigenvalue weighted by atomic mass is 10.1. The van der Waals surface area contributed by atoms with Gasteiger partial charge in [0.05, 0.1) is 42.6 Å². The average molecular weight is 476 g/mol. The van der Waals surface area contributed by atoms with Crippen molar-refractivity contribution in [1.82, 2.24) is 28.9 Å². The van der Waals surface area contributed by atoms with Gasteiger partial charge in [-0.25, -0.2) is 23.4 Å². The maximum Gasteiger partial charge on any atom is 0.295 e. The molecule has 0 saturated heterocycles. The second kappa shape index (κ2) is 8.46. The number of hydrogen-bond acceptors (Lipinski definition) is 5. The maximum absolute atomic E-state index is 13.7. The predicted molar refractivity (Wildman–Crippen MR) is 127 cm³/mol. The minimum Gasteiger partial charge on any atom is -0.495 e. The summed E-state index contributed by atoms with van der Waals surface area (Å²) in [5, 5.41) is 4.26. The number of halogens is 2. The second-order valence-corrected chi connectivity index (χ2v) is 8.31. The van der Waals surface area contributed by atoms with Gasteiger partial charge in [0.1, 0.15) is 23.2 Å². The molecule has 0 N–H and O–H groups in total. The van der Waals surface area contributed by atoms with Crippen molar-refractivity contribution in [3.63, 3.8) is 0 Å². The van der Waals surface area contributed by atoms with Crippen molar-refractivity contribution in [2.45, 2.75) is 19.9 Å². The molecule has 8 nitrogen and oxygen atoms in total. The highest BCUT2D eigenvalue weighted by molar-refractivity contribution is 5.79. The Hall–Kier alpha value is -4.34. The van der Waals surface area contributed by atoms with Crippen LogP contribution in [0.25, 0.3) is 28.1 Å². The highest BCUT2D eigenvalue weighted by Crippen LogP contribution is 2.30. The Morgan fingerprint density at radius 1 is 1.09 bits per heavy atom. The number of benzene rings is 2. The molecule has 5 rings (SSSR count). The van der Waals surface area contributed by atoms with Crippen LogP contribution in [0.3, 0.4) is 0 Å². The van der Waals surface area contributed by atoms with Crippen LogP contribution in [0.4, 0.5) is 8.78 Å². The molecular formula is C25H22F2N6O2. The molecule has 35 heavy (non-hydrogen) atoms. The molecule has 0 amide bonds. The highest BCUT2D eigenvalue weighted by Gasteiger charge is 2.20. The fraction of sp³-hybridized carbons (Fsp3) is 0.200. The number of aromatic nitrogens is 6. The quantitative estimate of drug-likeness (QED) is 0.380. The van der Waals surface area contributed by atoms with Gasteiger partial charge in [-0.3, -0.25) is 4.79 Å². The van der Waals surface area contributed by atoms with Crippen molar-refractivity contribution in [3.05, 3.63) is 88.4 Å². The topological polar surface area (TPSA) is 79.8 Å². The minimum atomic E-state index is -0.718. The monoisotopic (exact) mass is 476 g/mol. The van der Waals surface area contributed by atoms with Crippen LogP contribution < -0.4 is 10.3 Å². The number of nitrogens with zero attached hydrogens (tertiary/aromatic N) is 6. The fourth-order valence-corrected chi connectivity index (χ4v) is 4.17. The van der Waals surface area contributed by atoms with Crippen molar-refractivity contribution < 1.29 is 13.5 Å². The van der Waals surface area contributed by atoms with E-state index in [1.54, 1.807) is 32.0 Å². The van der Waals surface area contributed by atoms with E-state index in [1.165, 1.54) is 23.0 Å². The summed E-state index contributed by atoms with van der Waals surface area (Å²) in [6.45, 7) is 3.56. The van der Waals surface area contributed by atoms with E-state index in [4.69, 9.17) is 4.74 Å². The number of methoxy groups -OCH3 is 1. The Labute approximate surface area is 199 Å². The van der Waals surface area contributed by atoms with Gasteiger partial charge in [-0.1, -0.05) is 0 Å². The van der Waals surface area contributed by atoms with Crippen molar-refractivity contribution in [1.29, 1.82) is 0 Å². The summed E-state index contributed by atoms with van der Waals surface area (Å²) in [5.74, 6) is -0.272. The van der Waals surface area contributed by atoms with Crippen LogP contribution in [-0.2, 0) is 7.05 Å². The highest BCUT2D eigenvalue weighted by atomic mass is 19.1. The molecule has 1 atom stereocenters. The number of fused-ring (bicyclic) bond motifs is 1. The first kappa shape index (κ1) is 22.5. The van der Waals surface area contributed by atoms with Gasteiger partial charge >= 0.3 is 0 Å². The molecule has 3 heterocycles. The summed E-state index contributed by atoms with van der Waals surface area (Å²) in [7, 11) is 3.38. The van der Waals surface area contributed by atoms with Crippen LogP contribution in [0, 0.1) is 18.6 Å². The van der Waals surface area contributed by atoms with E-state index in [9.17, 15) is 13.6 Å². The van der Waals surface area contributed by atoms with Gasteiger partial charge in [0, 0.05) is 24.9 Å². The molecule has 2 aromatic carbocycles. The molecule has 0 aliphatic rings. The second-order valence-electron chi connectivity index (χ2n) is 8.31. The van der Waals surface area contributed by atoms with E-state index >= 15 is 0 Å². The molecule has 3 aromatic heterocycles. The summed E-state index contributed by atoms with van der Waals surface area (Å²) in [6.07, 6.45) is 5.13. The first-order valence-corrected chi connectivity index (χ1v) is 10.9. The van der Waals surface area contributed by atoms with Crippen LogP contribution >= 0.6 is 0 Å². The molecule has 178 valence electrons. The molecule has 0 bridgehead atoms. The fourth-order valence-electron chi connectivity index (χ4n) is 4.17. The standard InChI is InChI=1S/C25H22F2N6O2/c1-14-12-32(13-28-14)20-6-5-16(9-22(20)35-4)24-30-23-21(31(24)3)11-29-33(25(23)34)15(2)17-7-18(26)10-19(27)8-17/h5-13,15H,1-4H3. The van der Waals surface area contributed by atoms with E-state index in [0.717, 1.165) is 23.0 Å². The zero-order valence-corrected chi connectivity index (χ0v) is 19.5. The number of ether oxygens (including phenoxy) is 1. The first-order valence-electron chi connectivity index (χ1n) is 10.9. The Balaban J connectivity index is 1.59. The lowest BCUT2D eigenvalue weighted by molar-refractivity contribution is 0.413. The van der Waals surface area contributed by atoms with E-state index in [0.29, 0.717) is 22.7 Å². The molecule has 0 radical (unpaired) electrons. The van der Waals surface area contributed by atoms with Crippen LogP contribution in [0.15, 0.2) is 59.9 Å². The van der Waals surface area contributed by atoms with Gasteiger partial charge in [0.25, 0.3) is 5.56 Å². The average Bonchev–Trinajstić information content (AvgIpc) is 3.41. The zero-order valence-electron chi connectivity index (χ0n) is 19.5. The molecule has 0 fully saturated rings. The third-order valence-corrected chi connectivity index (χ3v) is 6.02. The molecule has 5 aromatic rings. The van der Waals surface area contributed by atoms with Crippen molar-refractivity contribution in [2.75, 3.05) is 7.11 Å². The van der Waals surface area contributed by atoms with Crippen molar-refractivity contribution in [3.8, 4) is 22.8 Å². The van der Waals surface area contributed by atoms with E-state index < -0.39 is 23.2 Å². The Kier molecular flexibility index (Phi) is 5.43. The van der Waals surface area contributed by atoms with Gasteiger partial charge in [-0.15, -0.1) is 0 Å². The predicted octanol–water partition coefficient (Wildman–Crippen LogP) is 4.19. The molecular weight excluding hydrogens is 454 g/mol. The molecule has 0 aliphatic heterocycles. The smallest absolute Gasteiger partial charge is 0.295 e. The largest absolute Gasteiger partial charge is 0.495 e. The van der Waals surface area contributed by atoms with Crippen LogP contribution in [0.2, 0.25) is 0 Å². The summed E-state index contributed by atoms with van der Waals surface area (Å²) < 4.78 is 37.9. The molecule has 1 unspecified atom stereocenters. The third kappa shape index (κ3) is 3.86. The molecule has 0 spiro atoms. The summed E-state index contributed by atoms with van der Waals surface area (Å²) in [4.78, 5) is 22.1. The van der Waals surface area contributed by atoms with E-state index in [2.05, 4.69) is 15.1 Å². The van der Waals surface area contributed by atoms with Gasteiger partial charge in [0.2, 0.25) is 0 Å². The van der Waals surface area contributed by atoms with Gasteiger partial charge in [0.15, 0.2) is 5.52 Å². The number of aryl methyl sites for hydroxylation is 2. The van der Waals surface area contributed by atoms with Crippen LogP contribution in [-0.4, -0.2) is 36.0 Å². The summed E-state index contributed by atoms with van der Waals surface area (Å²) in [6, 6.07) is 8.09. The Bertz CT molecular complexity index is 1620. The minimum absolute atomic E-state index is 0.203. The lowest BCUT2D eigenvalue weighted by Crippen LogP contribution is -2.26. The van der Waals surface area contributed by atoms with Crippen LogP contribution in [0.1, 0.15) is 24.2 Å². The van der Waals surface area contributed by atoms with E-state index in [-0.39, 0.29) is 5.52 Å². The summed E-state index contributed by atoms with van der Waals surface area (Å²) >= 11 is 0. The third-order valence-electron chi connectivity index (χ3n) is 6.02. The number of hydrogen-bond donors (Lipinski definition) is 0. The molecule has 0 saturated carbocycles. The van der Waals surface area contributed by atoms with Gasteiger partial charge < -0.3 is 13.9 Å². The zero-order chi connectivity index (χ0) is 24.9. The molecule has 10 heteroatoms. The summed E-state index contributed by atoms with van der Waals surface area (Å²) in [5.41, 5.74) is 3.01. The molecule has 0 aliphatic carbocycles. The van der Waals surface area contributed by atoms with Crippen molar-refractivity contribution >= 4 is 11.0 Å². The maximum atomic E-state index is 13.7. The van der Waals surface area contributed by atoms with Gasteiger partial charge in [-0.2, -0.15) is 5.10 Å². The Morgan fingerprint density at radius 2 is 1.83 bits per heavy atom. The van der Waals surface area contributed by atoms with E-state index in [1.807, 2.05) is 35.9 Å². The number of rotatable bonds is 5. The van der Waals surface area contributed by atoms with Crippen LogP contribution in [0.5, 0.6) is 5.75 Å². The SMILES string of the molecule is COc1cc(-c2nc3c(=O)n(C(C)c4cc(F)cc(F)c4)ncc3n2C)ccc1-n1cnc(C)c1. The Morgan fingerprint density at radius 3 is 2.49 bits per heavy atom. The number of imidazole rings is 2. The van der Waals surface area contributed by atoms with Gasteiger partial charge in [-0.05, 0) is 49.7 Å². The normalized spacial score (nSPS) is 12.3.